The quantitative estimate of drug-likeness (QED) is 0.838. The predicted molar refractivity (Wildman–Crippen MR) is 103 cm³/mol. The van der Waals surface area contributed by atoms with E-state index in [0.29, 0.717) is 28.6 Å². The van der Waals surface area contributed by atoms with Gasteiger partial charge in [0.1, 0.15) is 0 Å². The van der Waals surface area contributed by atoms with E-state index in [9.17, 15) is 9.59 Å². The van der Waals surface area contributed by atoms with Gasteiger partial charge in [0.2, 0.25) is 5.91 Å². The van der Waals surface area contributed by atoms with Crippen molar-refractivity contribution in [2.24, 2.45) is 0 Å². The first-order valence-electron chi connectivity index (χ1n) is 9.17. The summed E-state index contributed by atoms with van der Waals surface area (Å²) in [6.07, 6.45) is 6.01. The Hall–Kier alpha value is -2.14. The maximum atomic E-state index is 12.6. The first-order chi connectivity index (χ1) is 12.5. The van der Waals surface area contributed by atoms with Gasteiger partial charge in [0, 0.05) is 35.1 Å². The molecule has 0 spiro atoms. The molecule has 0 atom stereocenters. The lowest BCUT2D eigenvalue weighted by molar-refractivity contribution is -0.121. The molecule has 1 saturated carbocycles. The summed E-state index contributed by atoms with van der Waals surface area (Å²) in [6.45, 7) is 2.16. The highest BCUT2D eigenvalue weighted by Crippen LogP contribution is 2.22. The molecule has 2 N–H and O–H groups in total. The fourth-order valence-electron chi connectivity index (χ4n) is 3.45. The molecule has 1 fully saturated rings. The Morgan fingerprint density at radius 1 is 1.19 bits per heavy atom. The summed E-state index contributed by atoms with van der Waals surface area (Å²) in [5.74, 6) is -0.218. The molecule has 1 aromatic carbocycles. The standard InChI is InChI=1S/C20H24ClN3O2/c1-13-11-17(16-12-14(21)7-8-18(16)23-13)20(26)22-10-9-19(25)24-15-5-3-2-4-6-15/h7-8,11-12,15H,2-6,9-10H2,1H3,(H,22,26)(H,24,25). The van der Waals surface area contributed by atoms with Gasteiger partial charge in [-0.05, 0) is 44.0 Å². The normalized spacial score (nSPS) is 15.0. The second kappa shape index (κ2) is 8.49. The van der Waals surface area contributed by atoms with Crippen molar-refractivity contribution >= 4 is 34.3 Å². The summed E-state index contributed by atoms with van der Waals surface area (Å²) >= 11 is 6.06. The van der Waals surface area contributed by atoms with Crippen molar-refractivity contribution in [1.29, 1.82) is 0 Å². The second-order valence-corrected chi connectivity index (χ2v) is 7.32. The van der Waals surface area contributed by atoms with E-state index in [0.717, 1.165) is 24.1 Å². The number of aromatic nitrogens is 1. The molecule has 3 rings (SSSR count). The zero-order valence-electron chi connectivity index (χ0n) is 15.0. The molecule has 0 radical (unpaired) electrons. The minimum atomic E-state index is -0.215. The molecular weight excluding hydrogens is 350 g/mol. The van der Waals surface area contributed by atoms with Crippen molar-refractivity contribution in [3.8, 4) is 0 Å². The van der Waals surface area contributed by atoms with Crippen molar-refractivity contribution in [3.63, 3.8) is 0 Å². The first-order valence-corrected chi connectivity index (χ1v) is 9.55. The number of rotatable bonds is 5. The lowest BCUT2D eigenvalue weighted by Crippen LogP contribution is -2.38. The number of nitrogens with zero attached hydrogens (tertiary/aromatic N) is 1. The van der Waals surface area contributed by atoms with Crippen molar-refractivity contribution in [2.75, 3.05) is 6.54 Å². The van der Waals surface area contributed by atoms with Crippen LogP contribution in [0, 0.1) is 6.92 Å². The molecule has 0 bridgehead atoms. The molecule has 0 saturated heterocycles. The van der Waals surface area contributed by atoms with Gasteiger partial charge in [0.25, 0.3) is 5.91 Å². The fourth-order valence-corrected chi connectivity index (χ4v) is 3.62. The molecule has 0 aliphatic heterocycles. The fraction of sp³-hybridized carbons (Fsp3) is 0.450. The van der Waals surface area contributed by atoms with Crippen LogP contribution < -0.4 is 10.6 Å². The number of nitrogens with one attached hydrogen (secondary N) is 2. The van der Waals surface area contributed by atoms with E-state index in [4.69, 9.17) is 11.6 Å². The van der Waals surface area contributed by atoms with E-state index in [1.807, 2.05) is 6.92 Å². The Morgan fingerprint density at radius 3 is 2.73 bits per heavy atom. The van der Waals surface area contributed by atoms with Gasteiger partial charge in [0.15, 0.2) is 0 Å². The maximum absolute atomic E-state index is 12.6. The van der Waals surface area contributed by atoms with Crippen LogP contribution in [0.4, 0.5) is 0 Å². The minimum Gasteiger partial charge on any atom is -0.353 e. The van der Waals surface area contributed by atoms with E-state index in [1.165, 1.54) is 19.3 Å². The largest absolute Gasteiger partial charge is 0.353 e. The Kier molecular flexibility index (Phi) is 6.09. The smallest absolute Gasteiger partial charge is 0.252 e. The molecule has 138 valence electrons. The number of pyridine rings is 1. The van der Waals surface area contributed by atoms with Gasteiger partial charge in [-0.15, -0.1) is 0 Å². The lowest BCUT2D eigenvalue weighted by Gasteiger charge is -2.22. The summed E-state index contributed by atoms with van der Waals surface area (Å²) in [5, 5.41) is 7.17. The van der Waals surface area contributed by atoms with Crippen LogP contribution in [0.25, 0.3) is 10.9 Å². The van der Waals surface area contributed by atoms with Crippen molar-refractivity contribution in [3.05, 3.63) is 40.5 Å². The van der Waals surface area contributed by atoms with E-state index in [-0.39, 0.29) is 18.2 Å². The second-order valence-electron chi connectivity index (χ2n) is 6.88. The molecular formula is C20H24ClN3O2. The molecule has 2 amide bonds. The van der Waals surface area contributed by atoms with Crippen LogP contribution in [0.1, 0.15) is 54.6 Å². The van der Waals surface area contributed by atoms with Gasteiger partial charge in [-0.3, -0.25) is 14.6 Å². The zero-order chi connectivity index (χ0) is 18.5. The molecule has 6 heteroatoms. The van der Waals surface area contributed by atoms with Crippen LogP contribution in [0.3, 0.4) is 0 Å². The van der Waals surface area contributed by atoms with Gasteiger partial charge in [-0.25, -0.2) is 0 Å². The van der Waals surface area contributed by atoms with Gasteiger partial charge in [-0.2, -0.15) is 0 Å². The number of hydrogen-bond acceptors (Lipinski definition) is 3. The molecule has 1 aromatic heterocycles. The number of halogens is 1. The number of aryl methyl sites for hydroxylation is 1. The third-order valence-corrected chi connectivity index (χ3v) is 4.99. The maximum Gasteiger partial charge on any atom is 0.252 e. The van der Waals surface area contributed by atoms with Crippen LogP contribution in [-0.4, -0.2) is 29.4 Å². The number of carbonyl (C=O) groups is 2. The topological polar surface area (TPSA) is 71.1 Å². The minimum absolute atomic E-state index is 0.00369. The van der Waals surface area contributed by atoms with Crippen LogP contribution in [0.2, 0.25) is 5.02 Å². The highest BCUT2D eigenvalue weighted by atomic mass is 35.5. The van der Waals surface area contributed by atoms with Crippen molar-refractivity contribution < 1.29 is 9.59 Å². The Bertz CT molecular complexity index is 816. The number of hydrogen-bond donors (Lipinski definition) is 2. The molecule has 2 aromatic rings. The number of fused-ring (bicyclic) bond motifs is 1. The summed E-state index contributed by atoms with van der Waals surface area (Å²) in [7, 11) is 0. The van der Waals surface area contributed by atoms with E-state index in [2.05, 4.69) is 15.6 Å². The van der Waals surface area contributed by atoms with Gasteiger partial charge in [-0.1, -0.05) is 30.9 Å². The monoisotopic (exact) mass is 373 g/mol. The number of benzene rings is 1. The number of carbonyl (C=O) groups excluding carboxylic acids is 2. The van der Waals surface area contributed by atoms with Crippen molar-refractivity contribution in [1.82, 2.24) is 15.6 Å². The Morgan fingerprint density at radius 2 is 1.96 bits per heavy atom. The highest BCUT2D eigenvalue weighted by molar-refractivity contribution is 6.31. The van der Waals surface area contributed by atoms with Crippen LogP contribution in [-0.2, 0) is 4.79 Å². The first kappa shape index (κ1) is 18.6. The lowest BCUT2D eigenvalue weighted by atomic mass is 9.95. The summed E-state index contributed by atoms with van der Waals surface area (Å²) in [5.41, 5.74) is 2.03. The van der Waals surface area contributed by atoms with Crippen molar-refractivity contribution in [2.45, 2.75) is 51.5 Å². The Labute approximate surface area is 158 Å². The molecule has 0 unspecified atom stereocenters. The summed E-state index contributed by atoms with van der Waals surface area (Å²) in [6, 6.07) is 7.34. The van der Waals surface area contributed by atoms with E-state index in [1.54, 1.807) is 24.3 Å². The van der Waals surface area contributed by atoms with Gasteiger partial charge < -0.3 is 10.6 Å². The zero-order valence-corrected chi connectivity index (χ0v) is 15.7. The summed E-state index contributed by atoms with van der Waals surface area (Å²) in [4.78, 5) is 29.1. The van der Waals surface area contributed by atoms with Crippen LogP contribution >= 0.6 is 11.6 Å². The molecule has 1 aliphatic carbocycles. The summed E-state index contributed by atoms with van der Waals surface area (Å²) < 4.78 is 0. The molecule has 26 heavy (non-hydrogen) atoms. The molecule has 1 heterocycles. The number of amides is 2. The highest BCUT2D eigenvalue weighted by Gasteiger charge is 2.16. The average Bonchev–Trinajstić information content (AvgIpc) is 2.62. The van der Waals surface area contributed by atoms with E-state index >= 15 is 0 Å². The predicted octanol–water partition coefficient (Wildman–Crippen LogP) is 3.77. The Balaban J connectivity index is 1.59. The van der Waals surface area contributed by atoms with Gasteiger partial charge in [0.05, 0.1) is 11.1 Å². The average molecular weight is 374 g/mol. The van der Waals surface area contributed by atoms with Crippen LogP contribution in [0.5, 0.6) is 0 Å². The SMILES string of the molecule is Cc1cc(C(=O)NCCC(=O)NC2CCCCC2)c2cc(Cl)ccc2n1. The molecule has 1 aliphatic rings. The third kappa shape index (κ3) is 4.73. The third-order valence-electron chi connectivity index (χ3n) is 4.75. The van der Waals surface area contributed by atoms with Gasteiger partial charge >= 0.3 is 0 Å². The van der Waals surface area contributed by atoms with Crippen LogP contribution in [0.15, 0.2) is 24.3 Å². The molecule has 5 nitrogen and oxygen atoms in total. The van der Waals surface area contributed by atoms with E-state index < -0.39 is 0 Å².